The number of hydrogen-bond acceptors (Lipinski definition) is 0. The summed E-state index contributed by atoms with van der Waals surface area (Å²) in [6, 6.07) is 20.1. The Hall–Kier alpha value is 0.0601. The Bertz CT molecular complexity index is 724. The Morgan fingerprint density at radius 1 is 0.897 bits per heavy atom. The van der Waals surface area contributed by atoms with Gasteiger partial charge in [0.25, 0.3) is 0 Å². The average molecular weight is 616 g/mol. The number of aryl methyl sites for hydroxylation is 2. The van der Waals surface area contributed by atoms with Gasteiger partial charge < -0.3 is 24.8 Å². The molecule has 0 bridgehead atoms. The van der Waals surface area contributed by atoms with Crippen LogP contribution in [-0.2, 0) is 32.3 Å². The van der Waals surface area contributed by atoms with Crippen molar-refractivity contribution in [2.45, 2.75) is 59.8 Å². The van der Waals surface area contributed by atoms with Crippen molar-refractivity contribution in [2.75, 3.05) is 12.3 Å². The number of hydrogen-bond donors (Lipinski definition) is 0. The van der Waals surface area contributed by atoms with Crippen molar-refractivity contribution in [3.8, 4) is 0 Å². The summed E-state index contributed by atoms with van der Waals surface area (Å²) in [7, 11) is 0.0972. The molecule has 3 aromatic carbocycles. The van der Waals surface area contributed by atoms with Crippen LogP contribution in [0.25, 0.3) is 10.8 Å². The van der Waals surface area contributed by atoms with Gasteiger partial charge in [-0.3, -0.25) is 0 Å². The van der Waals surface area contributed by atoms with Gasteiger partial charge in [-0.05, 0) is 12.3 Å². The normalized spacial score (nSPS) is 9.83. The van der Waals surface area contributed by atoms with Crippen molar-refractivity contribution >= 4 is 24.0 Å². The van der Waals surface area contributed by atoms with Gasteiger partial charge in [-0.1, -0.05) is 73.8 Å². The van der Waals surface area contributed by atoms with Gasteiger partial charge in [0.2, 0.25) is 0 Å². The second kappa shape index (κ2) is 17.7. The number of halogens is 2. The molecule has 0 aliphatic rings. The van der Waals surface area contributed by atoms with Gasteiger partial charge in [0.1, 0.15) is 0 Å². The molecule has 0 saturated heterocycles. The third-order valence-corrected chi connectivity index (χ3v) is 7.87. The Labute approximate surface area is 211 Å². The van der Waals surface area contributed by atoms with Crippen molar-refractivity contribution in [3.63, 3.8) is 0 Å². The Kier molecular flexibility index (Phi) is 19.1. The number of benzene rings is 1. The molecule has 0 heterocycles. The first-order valence-electron chi connectivity index (χ1n) is 10.3. The predicted octanol–water partition coefficient (Wildman–Crippen LogP) is 1.55. The molecule has 0 spiro atoms. The molecule has 0 N–H and O–H groups in total. The van der Waals surface area contributed by atoms with E-state index < -0.39 is 0 Å². The molecule has 29 heavy (non-hydrogen) atoms. The van der Waals surface area contributed by atoms with Crippen molar-refractivity contribution in [2.24, 2.45) is 0 Å². The summed E-state index contributed by atoms with van der Waals surface area (Å²) >= 11 is 0. The molecule has 0 saturated carbocycles. The molecule has 158 valence electrons. The summed E-state index contributed by atoms with van der Waals surface area (Å²) in [4.78, 5) is 0. The van der Waals surface area contributed by atoms with E-state index in [2.05, 4.69) is 82.3 Å². The minimum absolute atomic E-state index is 0. The molecule has 0 aliphatic carbocycles. The quantitative estimate of drug-likeness (QED) is 0.205. The summed E-state index contributed by atoms with van der Waals surface area (Å²) in [6.45, 7) is 9.02. The first-order valence-corrected chi connectivity index (χ1v) is 12.0. The fraction of sp³-hybridized carbons (Fsp3) is 0.440. The van der Waals surface area contributed by atoms with Gasteiger partial charge in [0.15, 0.2) is 0 Å². The zero-order valence-electron chi connectivity index (χ0n) is 18.3. The van der Waals surface area contributed by atoms with Crippen LogP contribution in [0.5, 0.6) is 0 Å². The standard InChI is InChI=1S/C15H20P.C10H15.2ClH.Hf/c1-3-9-16(10-4-2)15-11-13-7-5-6-8-14(13)12-15;1-3-4-7-10-8-5-6-9(10)2;;;/h5-8,11-12H,3-4,9-10H2,1-2H3;5-6,8H,3-4,7H2,1-2H3;2*1H;/q2*-1;;;+4/p-2. The third-order valence-electron chi connectivity index (χ3n) is 4.90. The molecule has 0 atom stereocenters. The van der Waals surface area contributed by atoms with E-state index >= 15 is 0 Å². The first-order chi connectivity index (χ1) is 12.7. The summed E-state index contributed by atoms with van der Waals surface area (Å²) < 4.78 is 0. The molecule has 0 unspecified atom stereocenters. The molecule has 0 radical (unpaired) electrons. The second-order valence-corrected chi connectivity index (χ2v) is 9.66. The van der Waals surface area contributed by atoms with Gasteiger partial charge in [0.05, 0.1) is 0 Å². The summed E-state index contributed by atoms with van der Waals surface area (Å²) in [5.41, 5.74) is 2.98. The number of fused-ring (bicyclic) bond motifs is 1. The second-order valence-electron chi connectivity index (χ2n) is 7.17. The van der Waals surface area contributed by atoms with E-state index in [1.54, 1.807) is 5.30 Å². The van der Waals surface area contributed by atoms with Gasteiger partial charge in [-0.25, -0.2) is 12.1 Å². The van der Waals surface area contributed by atoms with Crippen LogP contribution in [0, 0.1) is 6.92 Å². The predicted molar refractivity (Wildman–Crippen MR) is 122 cm³/mol. The van der Waals surface area contributed by atoms with Crippen LogP contribution in [0.2, 0.25) is 0 Å². The van der Waals surface area contributed by atoms with Crippen LogP contribution in [0.3, 0.4) is 0 Å². The topological polar surface area (TPSA) is 0 Å². The zero-order valence-corrected chi connectivity index (χ0v) is 24.3. The monoisotopic (exact) mass is 616 g/mol. The minimum atomic E-state index is 0. The minimum Gasteiger partial charge on any atom is -1.00 e. The maximum atomic E-state index is 2.41. The van der Waals surface area contributed by atoms with E-state index in [1.807, 2.05) is 0 Å². The zero-order chi connectivity index (χ0) is 18.8. The SMILES string of the molecule is CCCC[c-]1cccc1C.CCCP(CCC)c1cc2ccccc2[cH-]1.[Cl-].[Cl-].[Hf+4]. The van der Waals surface area contributed by atoms with E-state index in [9.17, 15) is 0 Å². The van der Waals surface area contributed by atoms with Crippen LogP contribution >= 0.6 is 7.92 Å². The third kappa shape index (κ3) is 10.3. The Morgan fingerprint density at radius 2 is 1.55 bits per heavy atom. The average Bonchev–Trinajstić information content (AvgIpc) is 3.26. The van der Waals surface area contributed by atoms with Gasteiger partial charge in [-0.15, -0.1) is 40.3 Å². The van der Waals surface area contributed by atoms with Gasteiger partial charge in [0, 0.05) is 0 Å². The van der Waals surface area contributed by atoms with Crippen LogP contribution < -0.4 is 30.1 Å². The van der Waals surface area contributed by atoms with Gasteiger partial charge in [-0.2, -0.15) is 23.3 Å². The largest absolute Gasteiger partial charge is 4.00 e. The summed E-state index contributed by atoms with van der Waals surface area (Å²) in [5, 5.41) is 4.44. The van der Waals surface area contributed by atoms with Crippen LogP contribution in [0.15, 0.2) is 54.6 Å². The first kappa shape index (κ1) is 31.2. The Balaban J connectivity index is 0. The Morgan fingerprint density at radius 3 is 2.07 bits per heavy atom. The van der Waals surface area contributed by atoms with E-state index in [0.29, 0.717) is 0 Å². The maximum absolute atomic E-state index is 2.41. The van der Waals surface area contributed by atoms with E-state index in [1.165, 1.54) is 66.3 Å². The fourth-order valence-corrected chi connectivity index (χ4v) is 5.88. The van der Waals surface area contributed by atoms with Crippen LogP contribution in [-0.4, -0.2) is 12.3 Å². The molecule has 0 aromatic heterocycles. The fourth-order valence-electron chi connectivity index (χ4n) is 3.42. The van der Waals surface area contributed by atoms with E-state index in [-0.39, 0.29) is 58.6 Å². The van der Waals surface area contributed by atoms with Crippen molar-refractivity contribution < 1.29 is 50.7 Å². The smallest absolute Gasteiger partial charge is 1.00 e. The number of rotatable bonds is 8. The number of unbranched alkanes of at least 4 members (excludes halogenated alkanes) is 1. The molecule has 0 nitrogen and oxygen atoms in total. The molecule has 0 amide bonds. The molecular formula is C25H35Cl2HfP. The van der Waals surface area contributed by atoms with E-state index in [0.717, 1.165) is 0 Å². The summed E-state index contributed by atoms with van der Waals surface area (Å²) in [6.07, 6.45) is 9.28. The van der Waals surface area contributed by atoms with Crippen LogP contribution in [0.1, 0.15) is 57.6 Å². The molecule has 0 aliphatic heterocycles. The van der Waals surface area contributed by atoms with Crippen LogP contribution in [0.4, 0.5) is 0 Å². The van der Waals surface area contributed by atoms with E-state index in [4.69, 9.17) is 0 Å². The maximum Gasteiger partial charge on any atom is 4.00 e. The van der Waals surface area contributed by atoms with Crippen molar-refractivity contribution in [1.29, 1.82) is 0 Å². The molecule has 0 fully saturated rings. The molecule has 3 aromatic rings. The molecule has 3 rings (SSSR count). The van der Waals surface area contributed by atoms with Gasteiger partial charge >= 0.3 is 25.8 Å². The molecule has 4 heteroatoms. The van der Waals surface area contributed by atoms with Crippen molar-refractivity contribution in [1.82, 2.24) is 0 Å². The summed E-state index contributed by atoms with van der Waals surface area (Å²) in [5.74, 6) is 0. The molecular weight excluding hydrogens is 581 g/mol. The van der Waals surface area contributed by atoms with Crippen molar-refractivity contribution in [3.05, 3.63) is 65.7 Å².